The molecule has 2 aromatic carbocycles. The number of carbonyl (C=O) groups excluding carboxylic acids is 1. The molecule has 0 unspecified atom stereocenters. The number of benzene rings is 2. The van der Waals surface area contributed by atoms with Gasteiger partial charge in [-0.15, -0.1) is 11.3 Å². The molecule has 10 heteroatoms. The molecule has 0 spiro atoms. The highest BCUT2D eigenvalue weighted by molar-refractivity contribution is 7.89. The van der Waals surface area contributed by atoms with E-state index >= 15 is 0 Å². The van der Waals surface area contributed by atoms with Gasteiger partial charge in [-0.25, -0.2) is 13.4 Å². The van der Waals surface area contributed by atoms with Gasteiger partial charge >= 0.3 is 0 Å². The minimum Gasteiger partial charge on any atom is -0.490 e. The number of fused-ring (bicyclic) bond motifs is 1. The van der Waals surface area contributed by atoms with Crippen LogP contribution in [0.3, 0.4) is 0 Å². The molecule has 0 aliphatic carbocycles. The lowest BCUT2D eigenvalue weighted by Gasteiger charge is -2.15. The first-order valence-electron chi connectivity index (χ1n) is 9.66. The quantitative estimate of drug-likeness (QED) is 0.586. The number of ether oxygens (including phenoxy) is 2. The van der Waals surface area contributed by atoms with E-state index in [1.165, 1.54) is 30.4 Å². The number of carbonyl (C=O) groups is 1. The number of hydrogen-bond acceptors (Lipinski definition) is 7. The molecule has 31 heavy (non-hydrogen) atoms. The van der Waals surface area contributed by atoms with Crippen molar-refractivity contribution in [2.24, 2.45) is 0 Å². The Bertz CT molecular complexity index is 1180. The van der Waals surface area contributed by atoms with Crippen LogP contribution in [-0.2, 0) is 14.8 Å². The number of aromatic nitrogens is 1. The van der Waals surface area contributed by atoms with Gasteiger partial charge in [-0.1, -0.05) is 30.3 Å². The molecule has 0 bridgehead atoms. The smallest absolute Gasteiger partial charge is 0.244 e. The molecule has 0 radical (unpaired) electrons. The molecule has 0 saturated carbocycles. The normalized spacial score (nSPS) is 14.5. The van der Waals surface area contributed by atoms with Crippen LogP contribution < -0.4 is 19.5 Å². The predicted molar refractivity (Wildman–Crippen MR) is 118 cm³/mol. The van der Waals surface area contributed by atoms with Crippen molar-refractivity contribution in [3.05, 3.63) is 53.9 Å². The van der Waals surface area contributed by atoms with Crippen LogP contribution >= 0.6 is 11.3 Å². The monoisotopic (exact) mass is 459 g/mol. The SMILES string of the molecule is C[C@H](NS(=O)(=O)c1ccc2c(c1)OCCCO2)C(=O)Nc1nc(-c2ccccc2)cs1. The molecule has 1 aliphatic rings. The van der Waals surface area contributed by atoms with Crippen molar-refractivity contribution in [3.8, 4) is 22.8 Å². The summed E-state index contributed by atoms with van der Waals surface area (Å²) in [7, 11) is -3.94. The topological polar surface area (TPSA) is 107 Å². The number of sulfonamides is 1. The summed E-state index contributed by atoms with van der Waals surface area (Å²) < 4.78 is 39.0. The highest BCUT2D eigenvalue weighted by Gasteiger charge is 2.24. The van der Waals surface area contributed by atoms with Crippen LogP contribution in [0.1, 0.15) is 13.3 Å². The van der Waals surface area contributed by atoms with Gasteiger partial charge in [0.05, 0.1) is 29.8 Å². The second-order valence-electron chi connectivity index (χ2n) is 6.90. The van der Waals surface area contributed by atoms with Crippen LogP contribution in [0, 0.1) is 0 Å². The zero-order valence-electron chi connectivity index (χ0n) is 16.7. The molecule has 8 nitrogen and oxygen atoms in total. The fraction of sp³-hybridized carbons (Fsp3) is 0.238. The molecule has 3 aromatic rings. The summed E-state index contributed by atoms with van der Waals surface area (Å²) in [6, 6.07) is 12.9. The molecule has 1 aliphatic heterocycles. The van der Waals surface area contributed by atoms with Crippen LogP contribution in [0.25, 0.3) is 11.3 Å². The first kappa shape index (κ1) is 21.3. The van der Waals surface area contributed by atoms with Crippen molar-refractivity contribution >= 4 is 32.4 Å². The first-order chi connectivity index (χ1) is 14.9. The van der Waals surface area contributed by atoms with E-state index in [4.69, 9.17) is 9.47 Å². The van der Waals surface area contributed by atoms with E-state index in [0.29, 0.717) is 29.8 Å². The Hall–Kier alpha value is -2.95. The molecule has 1 amide bonds. The van der Waals surface area contributed by atoms with Crippen molar-refractivity contribution in [1.82, 2.24) is 9.71 Å². The Labute approximate surface area is 184 Å². The Morgan fingerprint density at radius 2 is 1.84 bits per heavy atom. The first-order valence-corrected chi connectivity index (χ1v) is 12.0. The Balaban J connectivity index is 1.42. The molecule has 2 N–H and O–H groups in total. The molecular weight excluding hydrogens is 438 g/mol. The summed E-state index contributed by atoms with van der Waals surface area (Å²) in [4.78, 5) is 16.9. The van der Waals surface area contributed by atoms with Gasteiger partial charge in [0.1, 0.15) is 0 Å². The van der Waals surface area contributed by atoms with E-state index < -0.39 is 22.0 Å². The zero-order chi connectivity index (χ0) is 21.8. The highest BCUT2D eigenvalue weighted by Crippen LogP contribution is 2.32. The summed E-state index contributed by atoms with van der Waals surface area (Å²) in [6.45, 7) is 2.43. The van der Waals surface area contributed by atoms with Crippen molar-refractivity contribution in [1.29, 1.82) is 0 Å². The van der Waals surface area contributed by atoms with Gasteiger partial charge in [0.2, 0.25) is 15.9 Å². The fourth-order valence-electron chi connectivity index (χ4n) is 2.95. The predicted octanol–water partition coefficient (Wildman–Crippen LogP) is 3.28. The van der Waals surface area contributed by atoms with E-state index in [0.717, 1.165) is 17.7 Å². The van der Waals surface area contributed by atoms with Crippen molar-refractivity contribution < 1.29 is 22.7 Å². The minimum atomic E-state index is -3.94. The second kappa shape index (κ2) is 9.04. The van der Waals surface area contributed by atoms with Gasteiger partial charge < -0.3 is 14.8 Å². The van der Waals surface area contributed by atoms with E-state index in [-0.39, 0.29) is 4.90 Å². The number of nitrogens with zero attached hydrogens (tertiary/aromatic N) is 1. The maximum Gasteiger partial charge on any atom is 0.244 e. The number of rotatable bonds is 6. The van der Waals surface area contributed by atoms with E-state index in [9.17, 15) is 13.2 Å². The maximum absolute atomic E-state index is 12.8. The van der Waals surface area contributed by atoms with Gasteiger partial charge in [-0.3, -0.25) is 4.79 Å². The minimum absolute atomic E-state index is 0.00277. The third-order valence-electron chi connectivity index (χ3n) is 4.56. The molecule has 4 rings (SSSR count). The van der Waals surface area contributed by atoms with Crippen LogP contribution in [0.15, 0.2) is 58.8 Å². The average molecular weight is 460 g/mol. The zero-order valence-corrected chi connectivity index (χ0v) is 18.3. The van der Waals surface area contributed by atoms with E-state index in [2.05, 4.69) is 15.0 Å². The summed E-state index contributed by atoms with van der Waals surface area (Å²) in [5, 5.41) is 4.89. The molecular formula is C21H21N3O5S2. The lowest BCUT2D eigenvalue weighted by molar-refractivity contribution is -0.117. The van der Waals surface area contributed by atoms with Crippen LogP contribution in [0.5, 0.6) is 11.5 Å². The molecule has 0 saturated heterocycles. The number of amides is 1. The largest absolute Gasteiger partial charge is 0.490 e. The third kappa shape index (κ3) is 5.04. The molecule has 1 atom stereocenters. The van der Waals surface area contributed by atoms with Crippen molar-refractivity contribution in [3.63, 3.8) is 0 Å². The van der Waals surface area contributed by atoms with E-state index in [1.54, 1.807) is 6.07 Å². The second-order valence-corrected chi connectivity index (χ2v) is 9.47. The Kier molecular flexibility index (Phi) is 6.21. The Morgan fingerprint density at radius 3 is 2.61 bits per heavy atom. The van der Waals surface area contributed by atoms with Gasteiger partial charge in [0, 0.05) is 23.4 Å². The van der Waals surface area contributed by atoms with Crippen LogP contribution in [0.2, 0.25) is 0 Å². The standard InChI is InChI=1S/C21H21N3O5S2/c1-14(20(25)23-21-22-17(13-30-21)15-6-3-2-4-7-15)24-31(26,27)16-8-9-18-19(12-16)29-11-5-10-28-18/h2-4,6-9,12-14,24H,5,10-11H2,1H3,(H,22,23,25)/t14-/m0/s1. The summed E-state index contributed by atoms with van der Waals surface area (Å²) >= 11 is 1.27. The van der Waals surface area contributed by atoms with Gasteiger partial charge in [-0.2, -0.15) is 4.72 Å². The number of hydrogen-bond donors (Lipinski definition) is 2. The third-order valence-corrected chi connectivity index (χ3v) is 6.85. The van der Waals surface area contributed by atoms with Crippen molar-refractivity contribution in [2.75, 3.05) is 18.5 Å². The lowest BCUT2D eigenvalue weighted by Crippen LogP contribution is -2.41. The number of thiazole rings is 1. The molecule has 162 valence electrons. The van der Waals surface area contributed by atoms with Gasteiger partial charge in [0.15, 0.2) is 16.6 Å². The summed E-state index contributed by atoms with van der Waals surface area (Å²) in [5.74, 6) is 0.362. The molecule has 2 heterocycles. The number of nitrogens with one attached hydrogen (secondary N) is 2. The molecule has 0 fully saturated rings. The lowest BCUT2D eigenvalue weighted by atomic mass is 10.2. The van der Waals surface area contributed by atoms with E-state index in [1.807, 2.05) is 35.7 Å². The summed E-state index contributed by atoms with van der Waals surface area (Å²) in [5.41, 5.74) is 1.67. The highest BCUT2D eigenvalue weighted by atomic mass is 32.2. The Morgan fingerprint density at radius 1 is 1.10 bits per heavy atom. The van der Waals surface area contributed by atoms with Crippen molar-refractivity contribution in [2.45, 2.75) is 24.3 Å². The fourth-order valence-corrected chi connectivity index (χ4v) is 4.89. The van der Waals surface area contributed by atoms with Crippen LogP contribution in [0.4, 0.5) is 5.13 Å². The van der Waals surface area contributed by atoms with Crippen LogP contribution in [-0.4, -0.2) is 38.6 Å². The molecule has 1 aromatic heterocycles. The average Bonchev–Trinajstić information content (AvgIpc) is 3.09. The maximum atomic E-state index is 12.8. The van der Waals surface area contributed by atoms with Gasteiger partial charge in [-0.05, 0) is 19.1 Å². The van der Waals surface area contributed by atoms with Gasteiger partial charge in [0.25, 0.3) is 0 Å². The number of anilines is 1. The summed E-state index contributed by atoms with van der Waals surface area (Å²) in [6.07, 6.45) is 0.717.